The van der Waals surface area contributed by atoms with Gasteiger partial charge in [-0.05, 0) is 37.5 Å². The summed E-state index contributed by atoms with van der Waals surface area (Å²) >= 11 is 0. The molecule has 2 rings (SSSR count). The Kier molecular flexibility index (Phi) is 6.20. The molecule has 24 heavy (non-hydrogen) atoms. The zero-order valence-corrected chi connectivity index (χ0v) is 14.4. The third-order valence-corrected chi connectivity index (χ3v) is 4.90. The molecule has 1 aliphatic rings. The molecule has 1 saturated carbocycles. The van der Waals surface area contributed by atoms with Gasteiger partial charge in [-0.2, -0.15) is 0 Å². The summed E-state index contributed by atoms with van der Waals surface area (Å²) in [5.74, 6) is 0.440. The molecule has 0 saturated heterocycles. The molecule has 1 atom stereocenters. The number of rotatable bonds is 6. The van der Waals surface area contributed by atoms with Crippen LogP contribution in [0.25, 0.3) is 0 Å². The van der Waals surface area contributed by atoms with Crippen molar-refractivity contribution in [3.63, 3.8) is 0 Å². The number of methoxy groups -OCH3 is 1. The molecule has 0 aliphatic heterocycles. The van der Waals surface area contributed by atoms with Crippen LogP contribution in [0.2, 0.25) is 0 Å². The highest BCUT2D eigenvalue weighted by Gasteiger charge is 2.34. The summed E-state index contributed by atoms with van der Waals surface area (Å²) in [4.78, 5) is 22.7. The average Bonchev–Trinajstić information content (AvgIpc) is 2.60. The fourth-order valence-electron chi connectivity index (χ4n) is 3.41. The molecule has 132 valence electrons. The predicted octanol–water partition coefficient (Wildman–Crippen LogP) is 2.07. The first-order chi connectivity index (χ1) is 11.5. The number of nitrogens with two attached hydrogens (primary N) is 1. The van der Waals surface area contributed by atoms with Crippen LogP contribution in [-0.2, 0) is 10.2 Å². The number of imide groups is 1. The van der Waals surface area contributed by atoms with Crippen molar-refractivity contribution in [2.45, 2.75) is 50.5 Å². The van der Waals surface area contributed by atoms with Crippen LogP contribution in [0.4, 0.5) is 4.79 Å². The Morgan fingerprint density at radius 1 is 1.21 bits per heavy atom. The van der Waals surface area contributed by atoms with Crippen molar-refractivity contribution in [1.29, 1.82) is 0 Å². The number of hydrogen-bond donors (Lipinski definition) is 3. The summed E-state index contributed by atoms with van der Waals surface area (Å²) in [5.41, 5.74) is 6.27. The molecule has 0 bridgehead atoms. The van der Waals surface area contributed by atoms with E-state index in [1.807, 2.05) is 12.1 Å². The first-order valence-corrected chi connectivity index (χ1v) is 8.45. The molecule has 6 heteroatoms. The minimum absolute atomic E-state index is 0.00574. The van der Waals surface area contributed by atoms with Crippen molar-refractivity contribution < 1.29 is 14.3 Å². The second-order valence-corrected chi connectivity index (χ2v) is 6.53. The molecule has 3 amide bonds. The van der Waals surface area contributed by atoms with Gasteiger partial charge >= 0.3 is 6.03 Å². The largest absolute Gasteiger partial charge is 0.497 e. The third kappa shape index (κ3) is 4.47. The normalized spacial score (nSPS) is 17.8. The maximum absolute atomic E-state index is 11.9. The zero-order valence-electron chi connectivity index (χ0n) is 14.4. The molecule has 0 aromatic heterocycles. The molecule has 1 aromatic rings. The second-order valence-electron chi connectivity index (χ2n) is 6.53. The highest BCUT2D eigenvalue weighted by Crippen LogP contribution is 2.39. The number of amides is 3. The van der Waals surface area contributed by atoms with Crippen LogP contribution in [0.1, 0.15) is 44.6 Å². The fourth-order valence-corrected chi connectivity index (χ4v) is 3.41. The van der Waals surface area contributed by atoms with Crippen molar-refractivity contribution in [3.8, 4) is 5.75 Å². The molecule has 0 spiro atoms. The molecule has 0 radical (unpaired) electrons. The summed E-state index contributed by atoms with van der Waals surface area (Å²) in [5, 5.41) is 5.39. The van der Waals surface area contributed by atoms with Crippen molar-refractivity contribution >= 4 is 11.9 Å². The van der Waals surface area contributed by atoms with Gasteiger partial charge in [-0.3, -0.25) is 10.1 Å². The number of nitrogens with one attached hydrogen (secondary N) is 2. The van der Waals surface area contributed by atoms with E-state index >= 15 is 0 Å². The monoisotopic (exact) mass is 333 g/mol. The smallest absolute Gasteiger partial charge is 0.318 e. The van der Waals surface area contributed by atoms with Gasteiger partial charge in [-0.15, -0.1) is 0 Å². The maximum Gasteiger partial charge on any atom is 0.318 e. The van der Waals surface area contributed by atoms with Crippen LogP contribution in [0.15, 0.2) is 24.3 Å². The van der Waals surface area contributed by atoms with Gasteiger partial charge in [0.1, 0.15) is 5.75 Å². The summed E-state index contributed by atoms with van der Waals surface area (Å²) in [7, 11) is 1.66. The van der Waals surface area contributed by atoms with E-state index in [-0.39, 0.29) is 5.41 Å². The minimum atomic E-state index is -0.823. The van der Waals surface area contributed by atoms with Crippen molar-refractivity contribution in [2.24, 2.45) is 5.73 Å². The number of hydrogen-bond acceptors (Lipinski definition) is 4. The quantitative estimate of drug-likeness (QED) is 0.743. The minimum Gasteiger partial charge on any atom is -0.497 e. The number of carbonyl (C=O) groups excluding carboxylic acids is 2. The molecule has 0 heterocycles. The summed E-state index contributed by atoms with van der Waals surface area (Å²) < 4.78 is 5.24. The second kappa shape index (κ2) is 8.15. The van der Waals surface area contributed by atoms with Crippen molar-refractivity contribution in [1.82, 2.24) is 10.6 Å². The summed E-state index contributed by atoms with van der Waals surface area (Å²) in [6, 6.07) is 6.88. The Morgan fingerprint density at radius 3 is 2.38 bits per heavy atom. The molecule has 1 aromatic carbocycles. The lowest BCUT2D eigenvalue weighted by molar-refractivity contribution is -0.121. The zero-order chi connectivity index (χ0) is 17.6. The lowest BCUT2D eigenvalue weighted by Crippen LogP contribution is -2.50. The fraction of sp³-hybridized carbons (Fsp3) is 0.556. The highest BCUT2D eigenvalue weighted by molar-refractivity contribution is 5.96. The third-order valence-electron chi connectivity index (χ3n) is 4.90. The van der Waals surface area contributed by atoms with E-state index in [2.05, 4.69) is 22.8 Å². The molecule has 1 fully saturated rings. The van der Waals surface area contributed by atoms with Crippen LogP contribution < -0.4 is 21.1 Å². The van der Waals surface area contributed by atoms with Gasteiger partial charge in [0.25, 0.3) is 0 Å². The van der Waals surface area contributed by atoms with E-state index in [0.717, 1.165) is 18.6 Å². The topological polar surface area (TPSA) is 93.4 Å². The van der Waals surface area contributed by atoms with Crippen LogP contribution in [0.5, 0.6) is 5.75 Å². The Balaban J connectivity index is 2.09. The molecule has 4 N–H and O–H groups in total. The van der Waals surface area contributed by atoms with Crippen LogP contribution in [-0.4, -0.2) is 31.6 Å². The Labute approximate surface area is 143 Å². The Bertz CT molecular complexity index is 565. The number of carbonyl (C=O) groups is 2. The van der Waals surface area contributed by atoms with E-state index in [0.29, 0.717) is 6.54 Å². The van der Waals surface area contributed by atoms with E-state index in [4.69, 9.17) is 10.5 Å². The molecular formula is C18H27N3O3. The van der Waals surface area contributed by atoms with Gasteiger partial charge in [0.2, 0.25) is 5.91 Å². The van der Waals surface area contributed by atoms with Crippen LogP contribution >= 0.6 is 0 Å². The van der Waals surface area contributed by atoms with Crippen LogP contribution in [0, 0.1) is 0 Å². The Hall–Kier alpha value is -2.08. The van der Waals surface area contributed by atoms with Gasteiger partial charge in [-0.25, -0.2) is 4.79 Å². The summed E-state index contributed by atoms with van der Waals surface area (Å²) in [6.45, 7) is 2.43. The van der Waals surface area contributed by atoms with E-state index in [9.17, 15) is 9.59 Å². The van der Waals surface area contributed by atoms with Crippen LogP contribution in [0.3, 0.4) is 0 Å². The maximum atomic E-state index is 11.9. The molecule has 1 unspecified atom stereocenters. The van der Waals surface area contributed by atoms with E-state index in [1.54, 1.807) is 14.0 Å². The molecule has 1 aliphatic carbocycles. The van der Waals surface area contributed by atoms with E-state index in [1.165, 1.54) is 24.8 Å². The number of benzene rings is 1. The van der Waals surface area contributed by atoms with Crippen molar-refractivity contribution in [2.75, 3.05) is 13.7 Å². The van der Waals surface area contributed by atoms with Gasteiger partial charge < -0.3 is 15.8 Å². The number of ether oxygens (including phenoxy) is 1. The predicted molar refractivity (Wildman–Crippen MR) is 92.9 cm³/mol. The van der Waals surface area contributed by atoms with Gasteiger partial charge in [-0.1, -0.05) is 31.4 Å². The summed E-state index contributed by atoms with van der Waals surface area (Å²) in [6.07, 6.45) is 5.76. The molecular weight excluding hydrogens is 306 g/mol. The molecule has 6 nitrogen and oxygen atoms in total. The van der Waals surface area contributed by atoms with E-state index < -0.39 is 18.0 Å². The highest BCUT2D eigenvalue weighted by atomic mass is 16.5. The first-order valence-electron chi connectivity index (χ1n) is 8.45. The SMILES string of the molecule is COc1ccc(C2(CNC(C)C(=O)NC(N)=O)CCCCC2)cc1. The van der Waals surface area contributed by atoms with Gasteiger partial charge in [0, 0.05) is 12.0 Å². The van der Waals surface area contributed by atoms with Crippen molar-refractivity contribution in [3.05, 3.63) is 29.8 Å². The van der Waals surface area contributed by atoms with Gasteiger partial charge in [0.15, 0.2) is 0 Å². The average molecular weight is 333 g/mol. The number of primary amides is 1. The Morgan fingerprint density at radius 2 is 1.83 bits per heavy atom. The lowest BCUT2D eigenvalue weighted by atomic mass is 9.69. The first kappa shape index (κ1) is 18.3. The lowest BCUT2D eigenvalue weighted by Gasteiger charge is -2.39. The standard InChI is InChI=1S/C18H27N3O3/c1-13(16(22)21-17(19)23)20-12-18(10-4-3-5-11-18)14-6-8-15(24-2)9-7-14/h6-9,13,20H,3-5,10-12H2,1-2H3,(H3,19,21,22,23). The number of urea groups is 1. The van der Waals surface area contributed by atoms with Gasteiger partial charge in [0.05, 0.1) is 13.2 Å².